The first-order chi connectivity index (χ1) is 19.6. The number of cyclic esters (lactones) is 1. The minimum Gasteiger partial charge on any atom is -0.512 e. The number of aromatic nitrogens is 1. The lowest BCUT2D eigenvalue weighted by atomic mass is 9.80. The molecule has 0 bridgehead atoms. The van der Waals surface area contributed by atoms with E-state index in [9.17, 15) is 22.7 Å². The fourth-order valence-electron chi connectivity index (χ4n) is 5.27. The zero-order valence-electron chi connectivity index (χ0n) is 22.9. The number of hydrogen-bond acceptors (Lipinski definition) is 7. The second kappa shape index (κ2) is 12.5. The number of carbonyl (C=O) groups is 1. The Morgan fingerprint density at radius 2 is 1.90 bits per heavy atom. The van der Waals surface area contributed by atoms with Crippen LogP contribution in [0.4, 0.5) is 10.1 Å². The third-order valence-corrected chi connectivity index (χ3v) is 8.55. The zero-order chi connectivity index (χ0) is 29.6. The standard InChI is InChI=1S/C31H32FN3O5S/c1-3-15-31(16-14-21-8-11-24(32)12-9-21)18-27(36)29(30(37)40-31)26(4-2)23-6-5-7-25(17-23)35-41(38,39)28-13-10-22(19-33)20-34-28/h5-13,17,20,26,35-36H,3-4,14-16,18H2,1-2H3/t26-,31-/m1/s1. The van der Waals surface area contributed by atoms with Crippen LogP contribution in [0.1, 0.15) is 68.6 Å². The molecule has 0 saturated heterocycles. The van der Waals surface area contributed by atoms with Crippen LogP contribution >= 0.6 is 0 Å². The van der Waals surface area contributed by atoms with Gasteiger partial charge >= 0.3 is 5.97 Å². The van der Waals surface area contributed by atoms with E-state index in [1.165, 1.54) is 30.5 Å². The highest BCUT2D eigenvalue weighted by Gasteiger charge is 2.43. The van der Waals surface area contributed by atoms with Gasteiger partial charge in [-0.3, -0.25) is 4.72 Å². The van der Waals surface area contributed by atoms with Gasteiger partial charge in [-0.15, -0.1) is 0 Å². The van der Waals surface area contributed by atoms with Crippen LogP contribution in [0.5, 0.6) is 0 Å². The molecule has 1 aromatic heterocycles. The number of aryl methyl sites for hydroxylation is 1. The van der Waals surface area contributed by atoms with Crippen LogP contribution in [0.3, 0.4) is 0 Å². The van der Waals surface area contributed by atoms with Gasteiger partial charge in [0, 0.05) is 24.2 Å². The normalized spacial score (nSPS) is 18.0. The van der Waals surface area contributed by atoms with Crippen LogP contribution < -0.4 is 4.72 Å². The minimum atomic E-state index is -4.03. The second-order valence-corrected chi connectivity index (χ2v) is 11.8. The predicted molar refractivity (Wildman–Crippen MR) is 152 cm³/mol. The van der Waals surface area contributed by atoms with Crippen LogP contribution in [0.2, 0.25) is 0 Å². The van der Waals surface area contributed by atoms with Gasteiger partial charge in [-0.25, -0.2) is 14.2 Å². The Kier molecular flexibility index (Phi) is 9.08. The molecule has 1 aliphatic heterocycles. The maximum atomic E-state index is 13.4. The van der Waals surface area contributed by atoms with Gasteiger partial charge in [0.05, 0.1) is 11.1 Å². The molecule has 0 spiro atoms. The van der Waals surface area contributed by atoms with Gasteiger partial charge in [0.25, 0.3) is 10.0 Å². The first-order valence-electron chi connectivity index (χ1n) is 13.5. The molecule has 41 heavy (non-hydrogen) atoms. The molecule has 0 fully saturated rings. The largest absolute Gasteiger partial charge is 0.512 e. The fraction of sp³-hybridized carbons (Fsp3) is 0.323. The lowest BCUT2D eigenvalue weighted by molar-refractivity contribution is -0.161. The SMILES string of the molecule is CCC[C@@]1(CCc2ccc(F)cc2)CC(O)=C([C@H](CC)c2cccc(NS(=O)(=O)c3ccc(C#N)cn3)c2)C(=O)O1. The summed E-state index contributed by atoms with van der Waals surface area (Å²) in [6, 6.07) is 17.3. The number of benzene rings is 2. The van der Waals surface area contributed by atoms with Crippen LogP contribution in [0, 0.1) is 17.1 Å². The summed E-state index contributed by atoms with van der Waals surface area (Å²) >= 11 is 0. The Bertz CT molecular complexity index is 1580. The Morgan fingerprint density at radius 1 is 1.15 bits per heavy atom. The van der Waals surface area contributed by atoms with Crippen LogP contribution in [-0.2, 0) is 26.0 Å². The summed E-state index contributed by atoms with van der Waals surface area (Å²) in [7, 11) is -4.03. The van der Waals surface area contributed by atoms with Gasteiger partial charge in [0.15, 0.2) is 5.03 Å². The number of nitrogens with zero attached hydrogens (tertiary/aromatic N) is 2. The number of pyridine rings is 1. The Labute approximate surface area is 239 Å². The number of halogens is 1. The summed E-state index contributed by atoms with van der Waals surface area (Å²) in [5.74, 6) is -1.48. The number of ether oxygens (including phenoxy) is 1. The van der Waals surface area contributed by atoms with Crippen LogP contribution in [-0.4, -0.2) is 30.1 Å². The van der Waals surface area contributed by atoms with Crippen LogP contribution in [0.15, 0.2) is 83.2 Å². The number of sulfonamides is 1. The number of nitrogens with one attached hydrogen (secondary N) is 1. The van der Waals surface area contributed by atoms with Gasteiger partial charge < -0.3 is 9.84 Å². The lowest BCUT2D eigenvalue weighted by Crippen LogP contribution is -2.41. The van der Waals surface area contributed by atoms with Crippen molar-refractivity contribution in [3.8, 4) is 6.07 Å². The highest BCUT2D eigenvalue weighted by Crippen LogP contribution is 2.42. The first kappa shape index (κ1) is 29.7. The number of anilines is 1. The van der Waals surface area contributed by atoms with E-state index in [1.54, 1.807) is 36.4 Å². The summed E-state index contributed by atoms with van der Waals surface area (Å²) in [5.41, 5.74) is 1.33. The van der Waals surface area contributed by atoms with Crippen molar-refractivity contribution in [2.45, 2.75) is 68.9 Å². The van der Waals surface area contributed by atoms with E-state index in [1.807, 2.05) is 19.9 Å². The van der Waals surface area contributed by atoms with Crippen molar-refractivity contribution in [1.82, 2.24) is 4.98 Å². The molecule has 3 aromatic rings. The highest BCUT2D eigenvalue weighted by molar-refractivity contribution is 7.92. The second-order valence-electron chi connectivity index (χ2n) is 10.2. The smallest absolute Gasteiger partial charge is 0.338 e. The number of aliphatic hydroxyl groups is 1. The molecule has 0 radical (unpaired) electrons. The molecule has 214 valence electrons. The van der Waals surface area contributed by atoms with Crippen molar-refractivity contribution >= 4 is 21.7 Å². The molecule has 10 heteroatoms. The average Bonchev–Trinajstić information content (AvgIpc) is 2.95. The Morgan fingerprint density at radius 3 is 2.51 bits per heavy atom. The average molecular weight is 578 g/mol. The molecular weight excluding hydrogens is 545 g/mol. The summed E-state index contributed by atoms with van der Waals surface area (Å²) in [5, 5.41) is 19.9. The third kappa shape index (κ3) is 6.92. The van der Waals surface area contributed by atoms with E-state index >= 15 is 0 Å². The van der Waals surface area contributed by atoms with Crippen molar-refractivity contribution in [1.29, 1.82) is 5.26 Å². The van der Waals surface area contributed by atoms with Crippen molar-refractivity contribution in [2.24, 2.45) is 0 Å². The van der Waals surface area contributed by atoms with Crippen molar-refractivity contribution in [2.75, 3.05) is 4.72 Å². The number of aliphatic hydroxyl groups excluding tert-OH is 1. The molecule has 2 atom stereocenters. The molecular formula is C31H32FN3O5S. The quantitative estimate of drug-likeness (QED) is 0.255. The number of hydrogen-bond donors (Lipinski definition) is 2. The number of nitriles is 1. The highest BCUT2D eigenvalue weighted by atomic mass is 32.2. The number of rotatable bonds is 11. The van der Waals surface area contributed by atoms with Crippen molar-refractivity contribution in [3.63, 3.8) is 0 Å². The molecule has 1 aliphatic rings. The predicted octanol–water partition coefficient (Wildman–Crippen LogP) is 6.32. The van der Waals surface area contributed by atoms with Crippen molar-refractivity contribution < 1.29 is 27.4 Å². The molecule has 0 unspecified atom stereocenters. The maximum absolute atomic E-state index is 13.4. The Balaban J connectivity index is 1.57. The van der Waals surface area contributed by atoms with E-state index < -0.39 is 27.5 Å². The first-order valence-corrected chi connectivity index (χ1v) is 15.0. The van der Waals surface area contributed by atoms with E-state index in [0.717, 1.165) is 12.0 Å². The Hall–Kier alpha value is -4.23. The van der Waals surface area contributed by atoms with Gasteiger partial charge in [-0.2, -0.15) is 13.7 Å². The number of carbonyl (C=O) groups excluding carboxylic acids is 1. The van der Waals surface area contributed by atoms with Gasteiger partial charge in [0.1, 0.15) is 23.2 Å². The lowest BCUT2D eigenvalue weighted by Gasteiger charge is -2.38. The zero-order valence-corrected chi connectivity index (χ0v) is 23.7. The molecule has 2 heterocycles. The topological polar surface area (TPSA) is 129 Å². The van der Waals surface area contributed by atoms with E-state index in [2.05, 4.69) is 9.71 Å². The van der Waals surface area contributed by atoms with Gasteiger partial charge in [-0.1, -0.05) is 44.5 Å². The molecule has 2 N–H and O–H groups in total. The number of esters is 1. The summed E-state index contributed by atoms with van der Waals surface area (Å²) in [4.78, 5) is 17.3. The summed E-state index contributed by atoms with van der Waals surface area (Å²) < 4.78 is 47.6. The monoisotopic (exact) mass is 577 g/mol. The van der Waals surface area contributed by atoms with Crippen molar-refractivity contribution in [3.05, 3.63) is 101 Å². The van der Waals surface area contributed by atoms with E-state index in [0.29, 0.717) is 31.2 Å². The van der Waals surface area contributed by atoms with E-state index in [-0.39, 0.29) is 39.8 Å². The molecule has 0 amide bonds. The molecule has 0 saturated carbocycles. The molecule has 0 aliphatic carbocycles. The van der Waals surface area contributed by atoms with Gasteiger partial charge in [0.2, 0.25) is 0 Å². The molecule has 8 nitrogen and oxygen atoms in total. The maximum Gasteiger partial charge on any atom is 0.338 e. The molecule has 4 rings (SSSR count). The van der Waals surface area contributed by atoms with E-state index in [4.69, 9.17) is 10.00 Å². The van der Waals surface area contributed by atoms with Crippen LogP contribution in [0.25, 0.3) is 0 Å². The van der Waals surface area contributed by atoms with Gasteiger partial charge in [-0.05, 0) is 73.2 Å². The molecule has 2 aromatic carbocycles. The summed E-state index contributed by atoms with van der Waals surface area (Å²) in [6.45, 7) is 3.86. The minimum absolute atomic E-state index is 0.0339. The third-order valence-electron chi connectivity index (χ3n) is 7.26. The summed E-state index contributed by atoms with van der Waals surface area (Å²) in [6.07, 6.45) is 4.15. The fourth-order valence-corrected chi connectivity index (χ4v) is 6.25.